The fourth-order valence-electron chi connectivity index (χ4n) is 2.94. The lowest BCUT2D eigenvalue weighted by Crippen LogP contribution is -2.31. The molecule has 1 amide bonds. The van der Waals surface area contributed by atoms with Gasteiger partial charge >= 0.3 is 0 Å². The number of fused-ring (bicyclic) bond motifs is 1. The zero-order chi connectivity index (χ0) is 18.8. The number of benzene rings is 2. The van der Waals surface area contributed by atoms with E-state index in [-0.39, 0.29) is 12.1 Å². The summed E-state index contributed by atoms with van der Waals surface area (Å²) < 4.78 is 28.8. The molecule has 27 heavy (non-hydrogen) atoms. The van der Waals surface area contributed by atoms with Crippen LogP contribution in [0, 0.1) is 11.6 Å². The van der Waals surface area contributed by atoms with E-state index in [1.165, 1.54) is 11.0 Å². The number of carbonyl (C=O) groups is 1. The van der Waals surface area contributed by atoms with E-state index < -0.39 is 17.5 Å². The molecule has 2 aromatic carbocycles. The Morgan fingerprint density at radius 2 is 1.74 bits per heavy atom. The van der Waals surface area contributed by atoms with E-state index in [0.717, 1.165) is 23.5 Å². The molecule has 2 heterocycles. The minimum absolute atomic E-state index is 0.0755. The molecule has 2 aromatic heterocycles. The van der Waals surface area contributed by atoms with Crippen molar-refractivity contribution in [1.82, 2.24) is 9.38 Å². The maximum atomic E-state index is 13.6. The Morgan fingerprint density at radius 3 is 2.52 bits per heavy atom. The lowest BCUT2D eigenvalue weighted by atomic mass is 10.1. The number of pyridine rings is 1. The maximum absolute atomic E-state index is 13.6. The lowest BCUT2D eigenvalue weighted by Gasteiger charge is -2.23. The molecule has 134 valence electrons. The van der Waals surface area contributed by atoms with Crippen LogP contribution in [0.3, 0.4) is 0 Å². The number of anilines is 1. The average Bonchev–Trinajstić information content (AvgIpc) is 3.11. The SMILES string of the molecule is O=C(c1ccc(F)c(F)c1)N(Cc1cnc2ccccn12)c1ccccc1. The second-order valence-corrected chi connectivity index (χ2v) is 6.03. The van der Waals surface area contributed by atoms with E-state index in [0.29, 0.717) is 5.69 Å². The Bertz CT molecular complexity index is 1110. The maximum Gasteiger partial charge on any atom is 0.258 e. The highest BCUT2D eigenvalue weighted by molar-refractivity contribution is 6.06. The molecule has 0 saturated heterocycles. The van der Waals surface area contributed by atoms with Gasteiger partial charge in [-0.05, 0) is 42.5 Å². The number of halogens is 2. The number of aromatic nitrogens is 2. The zero-order valence-corrected chi connectivity index (χ0v) is 14.2. The highest BCUT2D eigenvalue weighted by Crippen LogP contribution is 2.21. The molecule has 0 atom stereocenters. The van der Waals surface area contributed by atoms with Crippen molar-refractivity contribution in [3.8, 4) is 0 Å². The highest BCUT2D eigenvalue weighted by atomic mass is 19.2. The van der Waals surface area contributed by atoms with Crippen molar-refractivity contribution in [3.05, 3.63) is 102 Å². The Hall–Kier alpha value is -3.54. The molecule has 0 radical (unpaired) electrons. The van der Waals surface area contributed by atoms with Crippen LogP contribution in [0.25, 0.3) is 5.65 Å². The molecule has 0 aliphatic rings. The predicted octanol–water partition coefficient (Wildman–Crippen LogP) is 4.46. The monoisotopic (exact) mass is 363 g/mol. The summed E-state index contributed by atoms with van der Waals surface area (Å²) in [7, 11) is 0. The summed E-state index contributed by atoms with van der Waals surface area (Å²) in [6.45, 7) is 0.229. The molecule has 4 rings (SSSR count). The van der Waals surface area contributed by atoms with Crippen LogP contribution in [0.4, 0.5) is 14.5 Å². The third-order valence-corrected chi connectivity index (χ3v) is 4.29. The van der Waals surface area contributed by atoms with Crippen LogP contribution in [0.5, 0.6) is 0 Å². The molecule has 0 saturated carbocycles. The predicted molar refractivity (Wildman–Crippen MR) is 98.5 cm³/mol. The third-order valence-electron chi connectivity index (χ3n) is 4.29. The first-order valence-corrected chi connectivity index (χ1v) is 8.36. The number of rotatable bonds is 4. The van der Waals surface area contributed by atoms with Gasteiger partial charge in [-0.15, -0.1) is 0 Å². The highest BCUT2D eigenvalue weighted by Gasteiger charge is 2.21. The van der Waals surface area contributed by atoms with E-state index in [1.807, 2.05) is 47.0 Å². The molecule has 0 spiro atoms. The summed E-state index contributed by atoms with van der Waals surface area (Å²) >= 11 is 0. The fourth-order valence-corrected chi connectivity index (χ4v) is 2.94. The first-order valence-electron chi connectivity index (χ1n) is 8.36. The number of para-hydroxylation sites is 1. The number of carbonyl (C=O) groups excluding carboxylic acids is 1. The quantitative estimate of drug-likeness (QED) is 0.537. The van der Waals surface area contributed by atoms with Crippen molar-refractivity contribution in [2.45, 2.75) is 6.54 Å². The fraction of sp³-hybridized carbons (Fsp3) is 0.0476. The number of hydrogen-bond donors (Lipinski definition) is 0. The van der Waals surface area contributed by atoms with E-state index in [9.17, 15) is 13.6 Å². The molecule has 0 fully saturated rings. The molecular formula is C21H15F2N3O. The minimum Gasteiger partial charge on any atom is -0.302 e. The Labute approximate surface area is 154 Å². The number of nitrogens with zero attached hydrogens (tertiary/aromatic N) is 3. The summed E-state index contributed by atoms with van der Waals surface area (Å²) in [5.41, 5.74) is 2.29. The van der Waals surface area contributed by atoms with Crippen LogP contribution in [0.15, 0.2) is 79.1 Å². The van der Waals surface area contributed by atoms with Gasteiger partial charge in [-0.3, -0.25) is 4.79 Å². The number of amides is 1. The molecule has 0 bridgehead atoms. The van der Waals surface area contributed by atoms with Crippen LogP contribution < -0.4 is 4.90 Å². The summed E-state index contributed by atoms with van der Waals surface area (Å²) in [6, 6.07) is 17.8. The Morgan fingerprint density at radius 1 is 0.963 bits per heavy atom. The summed E-state index contributed by atoms with van der Waals surface area (Å²) in [5, 5.41) is 0. The van der Waals surface area contributed by atoms with Gasteiger partial charge in [0.1, 0.15) is 5.65 Å². The molecule has 0 unspecified atom stereocenters. The van der Waals surface area contributed by atoms with Crippen molar-refractivity contribution in [3.63, 3.8) is 0 Å². The summed E-state index contributed by atoms with van der Waals surface area (Å²) in [6.07, 6.45) is 3.56. The normalized spacial score (nSPS) is 10.9. The van der Waals surface area contributed by atoms with Crippen molar-refractivity contribution < 1.29 is 13.6 Å². The number of hydrogen-bond acceptors (Lipinski definition) is 2. The van der Waals surface area contributed by atoms with Crippen molar-refractivity contribution in [2.75, 3.05) is 4.90 Å². The van der Waals surface area contributed by atoms with Gasteiger partial charge in [0.15, 0.2) is 11.6 Å². The third kappa shape index (κ3) is 3.29. The van der Waals surface area contributed by atoms with Gasteiger partial charge in [-0.2, -0.15) is 0 Å². The van der Waals surface area contributed by atoms with E-state index in [2.05, 4.69) is 4.98 Å². The van der Waals surface area contributed by atoms with Gasteiger partial charge in [-0.1, -0.05) is 24.3 Å². The average molecular weight is 363 g/mol. The molecule has 4 aromatic rings. The minimum atomic E-state index is -1.05. The smallest absolute Gasteiger partial charge is 0.258 e. The summed E-state index contributed by atoms with van der Waals surface area (Å²) in [4.78, 5) is 18.9. The lowest BCUT2D eigenvalue weighted by molar-refractivity contribution is 0.0984. The first-order chi connectivity index (χ1) is 13.1. The topological polar surface area (TPSA) is 37.6 Å². The van der Waals surface area contributed by atoms with E-state index in [4.69, 9.17) is 0 Å². The number of imidazole rings is 1. The second-order valence-electron chi connectivity index (χ2n) is 6.03. The van der Waals surface area contributed by atoms with Gasteiger partial charge in [0, 0.05) is 17.4 Å². The largest absolute Gasteiger partial charge is 0.302 e. The Kier molecular flexibility index (Phi) is 4.38. The van der Waals surface area contributed by atoms with Crippen molar-refractivity contribution >= 4 is 17.2 Å². The first kappa shape index (κ1) is 16.9. The van der Waals surface area contributed by atoms with Gasteiger partial charge in [0.2, 0.25) is 0 Å². The molecular weight excluding hydrogens is 348 g/mol. The molecule has 0 aliphatic carbocycles. The van der Waals surface area contributed by atoms with E-state index >= 15 is 0 Å². The van der Waals surface area contributed by atoms with Crippen molar-refractivity contribution in [1.29, 1.82) is 0 Å². The van der Waals surface area contributed by atoms with Crippen LogP contribution in [-0.4, -0.2) is 15.3 Å². The molecule has 0 N–H and O–H groups in total. The van der Waals surface area contributed by atoms with E-state index in [1.54, 1.807) is 18.3 Å². The molecule has 4 nitrogen and oxygen atoms in total. The van der Waals surface area contributed by atoms with Crippen LogP contribution in [0.2, 0.25) is 0 Å². The van der Waals surface area contributed by atoms with Crippen LogP contribution in [-0.2, 0) is 6.54 Å². The molecule has 0 aliphatic heterocycles. The van der Waals surface area contributed by atoms with Crippen molar-refractivity contribution in [2.24, 2.45) is 0 Å². The van der Waals surface area contributed by atoms with Gasteiger partial charge in [-0.25, -0.2) is 13.8 Å². The van der Waals surface area contributed by atoms with Gasteiger partial charge < -0.3 is 9.30 Å². The Balaban J connectivity index is 1.75. The molecule has 6 heteroatoms. The van der Waals surface area contributed by atoms with Crippen LogP contribution in [0.1, 0.15) is 16.1 Å². The summed E-state index contributed by atoms with van der Waals surface area (Å²) in [5.74, 6) is -2.46. The zero-order valence-electron chi connectivity index (χ0n) is 14.2. The van der Waals surface area contributed by atoms with Gasteiger partial charge in [0.25, 0.3) is 5.91 Å². The van der Waals surface area contributed by atoms with Crippen LogP contribution >= 0.6 is 0 Å². The second kappa shape index (κ2) is 6.99. The standard InChI is InChI=1S/C21H15F2N3O/c22-18-10-9-15(12-19(18)23)21(27)26(16-6-2-1-3-7-16)14-17-13-24-20-8-4-5-11-25(17)20/h1-13H,14H2. The van der Waals surface area contributed by atoms with Gasteiger partial charge in [0.05, 0.1) is 18.4 Å².